The second-order valence-electron chi connectivity index (χ2n) is 7.30. The van der Waals surface area contributed by atoms with Crippen LogP contribution in [0.15, 0.2) is 46.2 Å². The van der Waals surface area contributed by atoms with E-state index in [9.17, 15) is 13.2 Å². The fourth-order valence-electron chi connectivity index (χ4n) is 2.89. The summed E-state index contributed by atoms with van der Waals surface area (Å²) in [6, 6.07) is 10.9. The average Bonchev–Trinajstić information content (AvgIpc) is 3.30. The monoisotopic (exact) mass is 447 g/mol. The number of sulfonamides is 1. The molecule has 2 heterocycles. The normalized spacial score (nSPS) is 11.7. The number of amides is 1. The summed E-state index contributed by atoms with van der Waals surface area (Å²) >= 11 is 1.53. The van der Waals surface area contributed by atoms with Gasteiger partial charge in [-0.3, -0.25) is 4.79 Å². The predicted molar refractivity (Wildman–Crippen MR) is 117 cm³/mol. The van der Waals surface area contributed by atoms with Gasteiger partial charge in [0.05, 0.1) is 22.7 Å². The van der Waals surface area contributed by atoms with E-state index in [0.29, 0.717) is 29.5 Å². The van der Waals surface area contributed by atoms with Crippen LogP contribution in [0.2, 0.25) is 0 Å². The number of thiophene rings is 1. The van der Waals surface area contributed by atoms with Gasteiger partial charge in [-0.2, -0.15) is 0 Å². The number of nitrogens with one attached hydrogen (secondary N) is 2. The predicted octanol–water partition coefficient (Wildman–Crippen LogP) is 3.40. The van der Waals surface area contributed by atoms with Gasteiger partial charge in [-0.15, -0.1) is 11.3 Å². The van der Waals surface area contributed by atoms with E-state index in [1.807, 2.05) is 29.6 Å². The Morgan fingerprint density at radius 1 is 1.17 bits per heavy atom. The number of aromatic nitrogens is 1. The van der Waals surface area contributed by atoms with E-state index in [1.54, 1.807) is 32.9 Å². The molecule has 0 fully saturated rings. The van der Waals surface area contributed by atoms with Crippen LogP contribution in [0.5, 0.6) is 0 Å². The molecule has 3 aromatic rings. The highest BCUT2D eigenvalue weighted by Gasteiger charge is 2.16. The number of rotatable bonds is 9. The van der Waals surface area contributed by atoms with Gasteiger partial charge in [-0.25, -0.2) is 18.1 Å². The minimum absolute atomic E-state index is 0.0736. The van der Waals surface area contributed by atoms with Gasteiger partial charge < -0.3 is 9.73 Å². The summed E-state index contributed by atoms with van der Waals surface area (Å²) in [5.41, 5.74) is 2.20. The third-order valence-corrected chi connectivity index (χ3v) is 6.64. The van der Waals surface area contributed by atoms with Crippen molar-refractivity contribution in [3.8, 4) is 10.8 Å². The van der Waals surface area contributed by atoms with Gasteiger partial charge in [0.25, 0.3) is 0 Å². The highest BCUT2D eigenvalue weighted by molar-refractivity contribution is 7.88. The number of nitrogens with zero attached hydrogens (tertiary/aromatic N) is 1. The Bertz CT molecular complexity index is 1090. The lowest BCUT2D eigenvalue weighted by molar-refractivity contribution is -0.120. The molecule has 2 aromatic heterocycles. The highest BCUT2D eigenvalue weighted by Crippen LogP contribution is 2.26. The standard InChI is InChI=1S/C21H25N3O4S2/c1-14(2)24-30(26,27)13-17-8-6-16(7-9-17)12-22-20(25)11-18-15(3)28-21(23-18)19-5-4-10-29-19/h4-10,14,24H,11-13H2,1-3H3,(H,22,25). The summed E-state index contributed by atoms with van der Waals surface area (Å²) < 4.78 is 32.2. The zero-order valence-corrected chi connectivity index (χ0v) is 18.8. The molecule has 1 aromatic carbocycles. The smallest absolute Gasteiger partial charge is 0.236 e. The fraction of sp³-hybridized carbons (Fsp3) is 0.333. The summed E-state index contributed by atoms with van der Waals surface area (Å²) in [6.45, 7) is 5.72. The number of oxazole rings is 1. The topological polar surface area (TPSA) is 101 Å². The molecule has 1 amide bonds. The van der Waals surface area contributed by atoms with Crippen LogP contribution < -0.4 is 10.0 Å². The summed E-state index contributed by atoms with van der Waals surface area (Å²) in [6.07, 6.45) is 0.137. The van der Waals surface area contributed by atoms with Crippen LogP contribution in [0, 0.1) is 6.92 Å². The first-order chi connectivity index (χ1) is 14.2. The third-order valence-electron chi connectivity index (χ3n) is 4.24. The molecule has 0 saturated heterocycles. The minimum atomic E-state index is -3.36. The van der Waals surface area contributed by atoms with E-state index < -0.39 is 10.0 Å². The number of hydrogen-bond donors (Lipinski definition) is 2. The molecular weight excluding hydrogens is 422 g/mol. The zero-order valence-electron chi connectivity index (χ0n) is 17.1. The van der Waals surface area contributed by atoms with Gasteiger partial charge in [0.1, 0.15) is 5.76 Å². The van der Waals surface area contributed by atoms with Crippen LogP contribution >= 0.6 is 11.3 Å². The van der Waals surface area contributed by atoms with Crippen LogP contribution in [0.1, 0.15) is 36.4 Å². The summed E-state index contributed by atoms with van der Waals surface area (Å²) in [5, 5.41) is 4.81. The molecular formula is C21H25N3O4S2. The van der Waals surface area contributed by atoms with E-state index in [1.165, 1.54) is 11.3 Å². The van der Waals surface area contributed by atoms with Gasteiger partial charge in [0.15, 0.2) is 0 Å². The van der Waals surface area contributed by atoms with Crippen molar-refractivity contribution in [1.29, 1.82) is 0 Å². The quantitative estimate of drug-likeness (QED) is 0.524. The zero-order chi connectivity index (χ0) is 21.7. The summed E-state index contributed by atoms with van der Waals surface area (Å²) in [5.74, 6) is 0.935. The van der Waals surface area contributed by atoms with Gasteiger partial charge in [-0.05, 0) is 43.3 Å². The first-order valence-electron chi connectivity index (χ1n) is 9.56. The molecule has 0 aliphatic rings. The van der Waals surface area contributed by atoms with Crippen LogP contribution in [0.4, 0.5) is 0 Å². The van der Waals surface area contributed by atoms with E-state index in [4.69, 9.17) is 4.42 Å². The van der Waals surface area contributed by atoms with Crippen molar-refractivity contribution in [2.75, 3.05) is 0 Å². The van der Waals surface area contributed by atoms with Crippen LogP contribution in [-0.2, 0) is 33.5 Å². The molecule has 30 heavy (non-hydrogen) atoms. The van der Waals surface area contributed by atoms with Crippen molar-refractivity contribution < 1.29 is 17.6 Å². The van der Waals surface area contributed by atoms with Crippen LogP contribution in [-0.4, -0.2) is 25.4 Å². The van der Waals surface area contributed by atoms with Crippen molar-refractivity contribution in [2.24, 2.45) is 0 Å². The Hall–Kier alpha value is -2.49. The number of carbonyl (C=O) groups excluding carboxylic acids is 1. The Balaban J connectivity index is 1.53. The lowest BCUT2D eigenvalue weighted by Crippen LogP contribution is -2.31. The second-order valence-corrected chi connectivity index (χ2v) is 10.0. The molecule has 9 heteroatoms. The van der Waals surface area contributed by atoms with Crippen LogP contribution in [0.3, 0.4) is 0 Å². The molecule has 0 aliphatic carbocycles. The summed E-state index contributed by atoms with van der Waals surface area (Å²) in [4.78, 5) is 17.7. The fourth-order valence-corrected chi connectivity index (χ4v) is 4.97. The molecule has 0 atom stereocenters. The third kappa shape index (κ3) is 6.25. The maximum absolute atomic E-state index is 12.3. The van der Waals surface area contributed by atoms with Gasteiger partial charge in [-0.1, -0.05) is 30.3 Å². The first kappa shape index (κ1) is 22.2. The summed E-state index contributed by atoms with van der Waals surface area (Å²) in [7, 11) is -3.36. The van der Waals surface area contributed by atoms with Crippen molar-refractivity contribution >= 4 is 27.3 Å². The molecule has 160 valence electrons. The first-order valence-corrected chi connectivity index (χ1v) is 12.1. The molecule has 0 aliphatic heterocycles. The number of carbonyl (C=O) groups is 1. The second kappa shape index (κ2) is 9.55. The van der Waals surface area contributed by atoms with E-state index in [2.05, 4.69) is 15.0 Å². The number of hydrogen-bond acceptors (Lipinski definition) is 6. The Morgan fingerprint density at radius 3 is 2.50 bits per heavy atom. The lowest BCUT2D eigenvalue weighted by atomic mass is 10.1. The minimum Gasteiger partial charge on any atom is -0.440 e. The highest BCUT2D eigenvalue weighted by atomic mass is 32.2. The molecule has 0 bridgehead atoms. The SMILES string of the molecule is Cc1oc(-c2cccs2)nc1CC(=O)NCc1ccc(CS(=O)(=O)NC(C)C)cc1. The van der Waals surface area contributed by atoms with Gasteiger partial charge >= 0.3 is 0 Å². The maximum Gasteiger partial charge on any atom is 0.236 e. The van der Waals surface area contributed by atoms with Crippen molar-refractivity contribution in [3.63, 3.8) is 0 Å². The lowest BCUT2D eigenvalue weighted by Gasteiger charge is -2.10. The molecule has 2 N–H and O–H groups in total. The Kier molecular flexibility index (Phi) is 7.06. The van der Waals surface area contributed by atoms with E-state index in [-0.39, 0.29) is 24.1 Å². The largest absolute Gasteiger partial charge is 0.440 e. The molecule has 0 spiro atoms. The van der Waals surface area contributed by atoms with Crippen molar-refractivity contribution in [1.82, 2.24) is 15.0 Å². The maximum atomic E-state index is 12.3. The van der Waals surface area contributed by atoms with Gasteiger partial charge in [0, 0.05) is 12.6 Å². The number of aryl methyl sites for hydroxylation is 1. The molecule has 7 nitrogen and oxygen atoms in total. The molecule has 0 unspecified atom stereocenters. The molecule has 0 radical (unpaired) electrons. The molecule has 0 saturated carbocycles. The Morgan fingerprint density at radius 2 is 1.87 bits per heavy atom. The van der Waals surface area contributed by atoms with Crippen LogP contribution in [0.25, 0.3) is 10.8 Å². The van der Waals surface area contributed by atoms with Gasteiger partial charge in [0.2, 0.25) is 21.8 Å². The average molecular weight is 448 g/mol. The van der Waals surface area contributed by atoms with Crippen molar-refractivity contribution in [2.45, 2.75) is 45.5 Å². The van der Waals surface area contributed by atoms with E-state index >= 15 is 0 Å². The van der Waals surface area contributed by atoms with E-state index in [0.717, 1.165) is 10.4 Å². The van der Waals surface area contributed by atoms with Crippen molar-refractivity contribution in [3.05, 3.63) is 64.4 Å². The molecule has 3 rings (SSSR count). The number of benzene rings is 1. The Labute approximate surface area is 180 Å².